The van der Waals surface area contributed by atoms with Gasteiger partial charge in [0.2, 0.25) is 5.91 Å². The van der Waals surface area contributed by atoms with Gasteiger partial charge in [-0.3, -0.25) is 4.79 Å². The lowest BCUT2D eigenvalue weighted by atomic mass is 9.47. The summed E-state index contributed by atoms with van der Waals surface area (Å²) >= 11 is 0. The van der Waals surface area contributed by atoms with Gasteiger partial charge in [0.05, 0.1) is 6.10 Å². The molecule has 0 unspecified atom stereocenters. The van der Waals surface area contributed by atoms with Crippen LogP contribution >= 0.6 is 0 Å². The third kappa shape index (κ3) is 4.94. The Labute approximate surface area is 202 Å². The number of aliphatic hydroxyl groups is 1. The van der Waals surface area contributed by atoms with E-state index in [2.05, 4.69) is 32.2 Å². The van der Waals surface area contributed by atoms with E-state index in [-0.39, 0.29) is 11.9 Å². The van der Waals surface area contributed by atoms with E-state index in [1.54, 1.807) is 12.5 Å². The summed E-state index contributed by atoms with van der Waals surface area (Å²) in [6.07, 6.45) is 17.5. The third-order valence-corrected chi connectivity index (χ3v) is 10.6. The molecule has 4 aliphatic rings. The lowest BCUT2D eigenvalue weighted by molar-refractivity contribution is -0.120. The van der Waals surface area contributed by atoms with Gasteiger partial charge in [0, 0.05) is 26.2 Å². The zero-order chi connectivity index (χ0) is 23.6. The molecule has 0 bridgehead atoms. The van der Waals surface area contributed by atoms with Gasteiger partial charge in [-0.05, 0) is 106 Å². The number of carbonyl (C=O) groups excluding carboxylic acids is 1. The molecule has 0 saturated heterocycles. The van der Waals surface area contributed by atoms with E-state index in [1.165, 1.54) is 51.4 Å². The summed E-state index contributed by atoms with van der Waals surface area (Å²) in [5.41, 5.74) is 2.44. The Bertz CT molecular complexity index is 720. The summed E-state index contributed by atoms with van der Waals surface area (Å²) < 4.78 is 6.31. The normalized spacial score (nSPS) is 40.9. The predicted octanol–water partition coefficient (Wildman–Crippen LogP) is 6.03. The second kappa shape index (κ2) is 10.4. The summed E-state index contributed by atoms with van der Waals surface area (Å²) in [4.78, 5) is 11.7. The maximum Gasteiger partial charge on any atom is 0.217 e. The number of fused-ring (bicyclic) bond motifs is 5. The first kappa shape index (κ1) is 25.2. The van der Waals surface area contributed by atoms with Crippen molar-refractivity contribution in [1.29, 1.82) is 0 Å². The fraction of sp³-hybridized carbons (Fsp3) is 0.897. The van der Waals surface area contributed by atoms with Gasteiger partial charge in [-0.2, -0.15) is 0 Å². The fourth-order valence-corrected chi connectivity index (χ4v) is 8.87. The maximum atomic E-state index is 11.7. The van der Waals surface area contributed by atoms with E-state index < -0.39 is 0 Å². The minimum absolute atomic E-state index is 0.116. The molecular weight excluding hydrogens is 410 g/mol. The van der Waals surface area contributed by atoms with E-state index in [9.17, 15) is 4.79 Å². The average molecular weight is 460 g/mol. The van der Waals surface area contributed by atoms with Gasteiger partial charge >= 0.3 is 0 Å². The van der Waals surface area contributed by atoms with E-state index >= 15 is 0 Å². The molecule has 0 aliphatic heterocycles. The second-order valence-corrected chi connectivity index (χ2v) is 12.4. The molecule has 3 saturated carbocycles. The summed E-state index contributed by atoms with van der Waals surface area (Å²) in [6.45, 7) is 10.2. The number of hydrogen-bond acceptors (Lipinski definition) is 3. The average Bonchev–Trinajstić information content (AvgIpc) is 3.13. The predicted molar refractivity (Wildman–Crippen MR) is 134 cm³/mol. The lowest BCUT2D eigenvalue weighted by Crippen LogP contribution is -2.52. The van der Waals surface area contributed by atoms with E-state index in [4.69, 9.17) is 9.84 Å². The second-order valence-electron chi connectivity index (χ2n) is 12.4. The number of allylic oxidation sites excluding steroid dienone is 1. The van der Waals surface area contributed by atoms with Crippen molar-refractivity contribution in [1.82, 2.24) is 5.32 Å². The van der Waals surface area contributed by atoms with Gasteiger partial charge < -0.3 is 15.2 Å². The van der Waals surface area contributed by atoms with Crippen LogP contribution in [0.1, 0.15) is 105 Å². The van der Waals surface area contributed by atoms with E-state index in [0.29, 0.717) is 29.5 Å². The van der Waals surface area contributed by atoms with Crippen LogP contribution < -0.4 is 5.32 Å². The Balaban J connectivity index is 1.38. The highest BCUT2D eigenvalue weighted by molar-refractivity contribution is 5.73. The maximum absolute atomic E-state index is 11.7. The topological polar surface area (TPSA) is 58.6 Å². The molecule has 33 heavy (non-hydrogen) atoms. The largest absolute Gasteiger partial charge is 0.396 e. The Morgan fingerprint density at radius 1 is 1.12 bits per heavy atom. The summed E-state index contributed by atoms with van der Waals surface area (Å²) in [5, 5.41) is 12.2. The van der Waals surface area contributed by atoms with Crippen molar-refractivity contribution in [3.63, 3.8) is 0 Å². The monoisotopic (exact) mass is 459 g/mol. The van der Waals surface area contributed by atoms with Gasteiger partial charge in [-0.1, -0.05) is 38.3 Å². The van der Waals surface area contributed by atoms with Crippen LogP contribution in [0.2, 0.25) is 0 Å². The van der Waals surface area contributed by atoms with Crippen molar-refractivity contribution in [2.45, 2.75) is 117 Å². The number of ether oxygens (including phenoxy) is 1. The van der Waals surface area contributed by atoms with Gasteiger partial charge in [-0.25, -0.2) is 0 Å². The highest BCUT2D eigenvalue weighted by Gasteiger charge is 2.59. The smallest absolute Gasteiger partial charge is 0.217 e. The summed E-state index contributed by atoms with van der Waals surface area (Å²) in [6, 6.07) is 0.288. The highest BCUT2D eigenvalue weighted by atomic mass is 16.5. The molecule has 4 aliphatic carbocycles. The molecule has 0 radical (unpaired) electrons. The van der Waals surface area contributed by atoms with Crippen LogP contribution in [0.15, 0.2) is 11.6 Å². The zero-order valence-electron chi connectivity index (χ0n) is 21.7. The summed E-state index contributed by atoms with van der Waals surface area (Å²) in [5.74, 6) is 3.18. The Kier molecular flexibility index (Phi) is 7.95. The first-order valence-electron chi connectivity index (χ1n) is 14.0. The van der Waals surface area contributed by atoms with Crippen molar-refractivity contribution in [3.8, 4) is 0 Å². The molecule has 8 atom stereocenters. The molecule has 4 nitrogen and oxygen atoms in total. The van der Waals surface area contributed by atoms with Crippen molar-refractivity contribution in [2.24, 2.45) is 34.5 Å². The van der Waals surface area contributed by atoms with Crippen molar-refractivity contribution >= 4 is 5.91 Å². The number of aliphatic hydroxyl groups excluding tert-OH is 1. The Hall–Kier alpha value is -0.870. The molecule has 0 aromatic rings. The zero-order valence-corrected chi connectivity index (χ0v) is 21.7. The molecule has 0 heterocycles. The Morgan fingerprint density at radius 2 is 1.91 bits per heavy atom. The molecule has 4 heteroatoms. The minimum Gasteiger partial charge on any atom is -0.396 e. The molecule has 2 N–H and O–H groups in total. The standard InChI is InChI=1S/C29H49NO3/c1-20(30-21(2)32)25-11-12-26-24-10-9-22-19-23(33-18-8-6-5-7-17-31)13-15-28(22,3)27(24)14-16-29(25,26)4/h9,20,23-27,31H,5-8,10-19H2,1-4H3,(H,30,32)/t20-,23+,24+,25-,26+,27+,28+,29-/m1/s1. The Morgan fingerprint density at radius 3 is 2.67 bits per heavy atom. The number of rotatable bonds is 9. The van der Waals surface area contributed by atoms with Gasteiger partial charge in [-0.15, -0.1) is 0 Å². The van der Waals surface area contributed by atoms with Crippen LogP contribution in [0.3, 0.4) is 0 Å². The van der Waals surface area contributed by atoms with Gasteiger partial charge in [0.15, 0.2) is 0 Å². The van der Waals surface area contributed by atoms with Crippen molar-refractivity contribution in [2.75, 3.05) is 13.2 Å². The van der Waals surface area contributed by atoms with Crippen LogP contribution in [0.25, 0.3) is 0 Å². The highest BCUT2D eigenvalue weighted by Crippen LogP contribution is 2.66. The van der Waals surface area contributed by atoms with E-state index in [1.807, 2.05) is 0 Å². The number of nitrogens with one attached hydrogen (secondary N) is 1. The number of amides is 1. The van der Waals surface area contributed by atoms with Gasteiger partial charge in [0.1, 0.15) is 0 Å². The molecule has 1 amide bonds. The molecular formula is C29H49NO3. The lowest BCUT2D eigenvalue weighted by Gasteiger charge is -2.58. The third-order valence-electron chi connectivity index (χ3n) is 10.6. The number of unbranched alkanes of at least 4 members (excludes halogenated alkanes) is 3. The van der Waals surface area contributed by atoms with E-state index in [0.717, 1.165) is 50.0 Å². The van der Waals surface area contributed by atoms with Crippen molar-refractivity contribution in [3.05, 3.63) is 11.6 Å². The van der Waals surface area contributed by atoms with Crippen molar-refractivity contribution < 1.29 is 14.6 Å². The molecule has 3 fully saturated rings. The van der Waals surface area contributed by atoms with Crippen LogP contribution in [0.4, 0.5) is 0 Å². The summed E-state index contributed by atoms with van der Waals surface area (Å²) in [7, 11) is 0. The molecule has 0 aromatic carbocycles. The fourth-order valence-electron chi connectivity index (χ4n) is 8.87. The van der Waals surface area contributed by atoms with Crippen LogP contribution in [-0.2, 0) is 9.53 Å². The SMILES string of the molecule is CC(=O)N[C@H](C)[C@H]1CC[C@H]2[C@@H]3CC=C4C[C@@H](OCCCCCCO)CC[C@]4(C)[C@H]3CC[C@]12C. The first-order valence-corrected chi connectivity index (χ1v) is 14.0. The number of hydrogen-bond donors (Lipinski definition) is 2. The molecule has 188 valence electrons. The van der Waals surface area contributed by atoms with Crippen LogP contribution in [-0.4, -0.2) is 36.4 Å². The van der Waals surface area contributed by atoms with Crippen LogP contribution in [0.5, 0.6) is 0 Å². The molecule has 0 spiro atoms. The van der Waals surface area contributed by atoms with Crippen LogP contribution in [0, 0.1) is 34.5 Å². The molecule has 0 aromatic heterocycles. The number of carbonyl (C=O) groups is 1. The van der Waals surface area contributed by atoms with Gasteiger partial charge in [0.25, 0.3) is 0 Å². The minimum atomic E-state index is 0.116. The first-order chi connectivity index (χ1) is 15.8. The molecule has 4 rings (SSSR count). The quantitative estimate of drug-likeness (QED) is 0.327.